The standard InChI is InChI=1S/C25H29N5O.C5H11N.C2H6/c1-16-5-3-6-17-7-4-8-22(23(16)17)29-12-11-20-21(15-29)27-25(31-2)28-24(20)30-13-18-9-10-19(14-30)26-18;1-6-4-2-3-5-6;1-2/h3-8,18-19,26H,9-15H2,1-2H3;2-5H2,1H3;1-2H3. The maximum atomic E-state index is 5.53. The van der Waals surface area contributed by atoms with Gasteiger partial charge in [-0.05, 0) is 76.2 Å². The van der Waals surface area contributed by atoms with Crippen LogP contribution in [0, 0.1) is 6.92 Å². The van der Waals surface area contributed by atoms with Crippen LogP contribution in [0.3, 0.4) is 0 Å². The highest BCUT2D eigenvalue weighted by Crippen LogP contribution is 2.36. The number of ether oxygens (including phenoxy) is 1. The minimum atomic E-state index is 0.482. The second kappa shape index (κ2) is 12.5. The van der Waals surface area contributed by atoms with E-state index in [0.29, 0.717) is 18.1 Å². The SMILES string of the molecule is CC.CN1CCCC1.COc1nc2c(c(N3CC4CCC(C3)N4)n1)CCN(c1cccc3cccc(C)c13)C2. The van der Waals surface area contributed by atoms with Crippen molar-refractivity contribution in [1.29, 1.82) is 0 Å². The first-order valence-corrected chi connectivity index (χ1v) is 15.0. The number of anilines is 2. The van der Waals surface area contributed by atoms with Crippen molar-refractivity contribution in [3.05, 3.63) is 53.2 Å². The van der Waals surface area contributed by atoms with E-state index in [2.05, 4.69) is 70.4 Å². The van der Waals surface area contributed by atoms with Gasteiger partial charge in [0.15, 0.2) is 0 Å². The molecular weight excluding hydrogens is 484 g/mol. The Labute approximate surface area is 234 Å². The van der Waals surface area contributed by atoms with Crippen LogP contribution in [0.5, 0.6) is 6.01 Å². The summed E-state index contributed by atoms with van der Waals surface area (Å²) in [5.74, 6) is 1.09. The summed E-state index contributed by atoms with van der Waals surface area (Å²) < 4.78 is 5.53. The van der Waals surface area contributed by atoms with Gasteiger partial charge in [-0.1, -0.05) is 44.2 Å². The Kier molecular flexibility index (Phi) is 8.88. The number of hydrogen-bond donors (Lipinski definition) is 1. The molecule has 5 heterocycles. The molecule has 4 aliphatic rings. The van der Waals surface area contributed by atoms with E-state index in [0.717, 1.165) is 44.1 Å². The number of methoxy groups -OCH3 is 1. The van der Waals surface area contributed by atoms with Gasteiger partial charge in [-0.3, -0.25) is 0 Å². The molecule has 7 rings (SSSR count). The van der Waals surface area contributed by atoms with E-state index >= 15 is 0 Å². The predicted octanol–water partition coefficient (Wildman–Crippen LogP) is 5.19. The van der Waals surface area contributed by atoms with Crippen LogP contribution in [0.2, 0.25) is 0 Å². The molecule has 210 valence electrons. The summed E-state index contributed by atoms with van der Waals surface area (Å²) in [6, 6.07) is 14.8. The molecule has 2 bridgehead atoms. The van der Waals surface area contributed by atoms with Crippen LogP contribution in [0.15, 0.2) is 36.4 Å². The summed E-state index contributed by atoms with van der Waals surface area (Å²) >= 11 is 0. The highest BCUT2D eigenvalue weighted by atomic mass is 16.5. The van der Waals surface area contributed by atoms with Crippen molar-refractivity contribution in [3.63, 3.8) is 0 Å². The van der Waals surface area contributed by atoms with Gasteiger partial charge in [0, 0.05) is 48.4 Å². The van der Waals surface area contributed by atoms with E-state index in [1.165, 1.54) is 66.4 Å². The Hall–Kier alpha value is -2.90. The molecule has 3 fully saturated rings. The number of piperazine rings is 1. The smallest absolute Gasteiger partial charge is 0.318 e. The van der Waals surface area contributed by atoms with Crippen LogP contribution >= 0.6 is 0 Å². The third-order valence-corrected chi connectivity index (χ3v) is 8.48. The second-order valence-electron chi connectivity index (χ2n) is 11.1. The van der Waals surface area contributed by atoms with Crippen LogP contribution in [0.4, 0.5) is 11.5 Å². The van der Waals surface area contributed by atoms with Gasteiger partial charge in [0.1, 0.15) is 5.82 Å². The minimum Gasteiger partial charge on any atom is -0.467 e. The number of fused-ring (bicyclic) bond motifs is 4. The Bertz CT molecular complexity index is 1240. The Balaban J connectivity index is 0.000000337. The van der Waals surface area contributed by atoms with Crippen molar-refractivity contribution in [2.24, 2.45) is 0 Å². The second-order valence-corrected chi connectivity index (χ2v) is 11.1. The molecule has 0 radical (unpaired) electrons. The lowest BCUT2D eigenvalue weighted by Gasteiger charge is -2.37. The summed E-state index contributed by atoms with van der Waals surface area (Å²) in [4.78, 5) is 16.9. The van der Waals surface area contributed by atoms with Crippen molar-refractivity contribution in [1.82, 2.24) is 20.2 Å². The fourth-order valence-corrected chi connectivity index (χ4v) is 6.56. The van der Waals surface area contributed by atoms with E-state index in [4.69, 9.17) is 14.7 Å². The van der Waals surface area contributed by atoms with E-state index in [1.54, 1.807) is 7.11 Å². The molecule has 0 spiro atoms. The Morgan fingerprint density at radius 2 is 1.59 bits per heavy atom. The Morgan fingerprint density at radius 1 is 0.897 bits per heavy atom. The van der Waals surface area contributed by atoms with Crippen LogP contribution in [0.25, 0.3) is 10.8 Å². The number of nitrogens with one attached hydrogen (secondary N) is 1. The zero-order chi connectivity index (χ0) is 27.4. The molecule has 3 saturated heterocycles. The fourth-order valence-electron chi connectivity index (χ4n) is 6.56. The average Bonchev–Trinajstić information content (AvgIpc) is 3.60. The lowest BCUT2D eigenvalue weighted by Crippen LogP contribution is -2.52. The summed E-state index contributed by atoms with van der Waals surface area (Å²) in [6.07, 6.45) is 6.31. The van der Waals surface area contributed by atoms with Crippen molar-refractivity contribution >= 4 is 22.3 Å². The summed E-state index contributed by atoms with van der Waals surface area (Å²) in [5, 5.41) is 6.36. The third-order valence-electron chi connectivity index (χ3n) is 8.48. The van der Waals surface area contributed by atoms with Gasteiger partial charge < -0.3 is 24.8 Å². The molecule has 0 saturated carbocycles. The van der Waals surface area contributed by atoms with Crippen LogP contribution in [-0.2, 0) is 13.0 Å². The van der Waals surface area contributed by atoms with Gasteiger partial charge in [-0.25, -0.2) is 0 Å². The molecule has 3 aromatic rings. The number of nitrogens with zero attached hydrogens (tertiary/aromatic N) is 5. The molecule has 4 aliphatic heterocycles. The summed E-state index contributed by atoms with van der Waals surface area (Å²) in [5.41, 5.74) is 5.01. The predicted molar refractivity (Wildman–Crippen MR) is 162 cm³/mol. The molecule has 0 amide bonds. The zero-order valence-electron chi connectivity index (χ0n) is 24.5. The van der Waals surface area contributed by atoms with E-state index in [-0.39, 0.29) is 0 Å². The van der Waals surface area contributed by atoms with Gasteiger partial charge in [-0.2, -0.15) is 9.97 Å². The number of hydrogen-bond acceptors (Lipinski definition) is 7. The largest absolute Gasteiger partial charge is 0.467 e. The molecule has 39 heavy (non-hydrogen) atoms. The highest BCUT2D eigenvalue weighted by Gasteiger charge is 2.35. The summed E-state index contributed by atoms with van der Waals surface area (Å²) in [7, 11) is 3.84. The van der Waals surface area contributed by atoms with Gasteiger partial charge in [0.05, 0.1) is 19.3 Å². The number of aryl methyl sites for hydroxylation is 1. The number of rotatable bonds is 3. The molecule has 2 unspecified atom stereocenters. The molecule has 1 aromatic heterocycles. The van der Waals surface area contributed by atoms with Crippen LogP contribution in [0.1, 0.15) is 56.4 Å². The first-order chi connectivity index (χ1) is 19.1. The highest BCUT2D eigenvalue weighted by molar-refractivity contribution is 5.97. The van der Waals surface area contributed by atoms with Gasteiger partial charge >= 0.3 is 6.01 Å². The molecule has 0 aliphatic carbocycles. The molecule has 7 heteroatoms. The monoisotopic (exact) mass is 530 g/mol. The Morgan fingerprint density at radius 3 is 2.23 bits per heavy atom. The quantitative estimate of drug-likeness (QED) is 0.500. The third kappa shape index (κ3) is 5.99. The lowest BCUT2D eigenvalue weighted by atomic mass is 9.99. The number of benzene rings is 2. The van der Waals surface area contributed by atoms with Gasteiger partial charge in [0.25, 0.3) is 0 Å². The van der Waals surface area contributed by atoms with Crippen molar-refractivity contribution < 1.29 is 4.74 Å². The maximum Gasteiger partial charge on any atom is 0.318 e. The number of aromatic nitrogens is 2. The average molecular weight is 531 g/mol. The molecular formula is C32H46N6O. The number of likely N-dealkylation sites (tertiary alicyclic amines) is 1. The van der Waals surface area contributed by atoms with Crippen molar-refractivity contribution in [2.45, 2.75) is 71.5 Å². The first-order valence-electron chi connectivity index (χ1n) is 15.0. The topological polar surface area (TPSA) is 56.8 Å². The molecule has 2 atom stereocenters. The lowest BCUT2D eigenvalue weighted by molar-refractivity contribution is 0.374. The van der Waals surface area contributed by atoms with Crippen molar-refractivity contribution in [3.8, 4) is 6.01 Å². The van der Waals surface area contributed by atoms with Gasteiger partial charge in [-0.15, -0.1) is 0 Å². The zero-order valence-corrected chi connectivity index (χ0v) is 24.5. The molecule has 1 N–H and O–H groups in total. The molecule has 2 aromatic carbocycles. The summed E-state index contributed by atoms with van der Waals surface area (Å²) in [6.45, 7) is 12.6. The minimum absolute atomic E-state index is 0.482. The fraction of sp³-hybridized carbons (Fsp3) is 0.562. The maximum absolute atomic E-state index is 5.53. The van der Waals surface area contributed by atoms with E-state index < -0.39 is 0 Å². The first kappa shape index (κ1) is 27.7. The van der Waals surface area contributed by atoms with Gasteiger partial charge in [0.2, 0.25) is 0 Å². The van der Waals surface area contributed by atoms with Crippen molar-refractivity contribution in [2.75, 3.05) is 56.7 Å². The molecule has 7 nitrogen and oxygen atoms in total. The van der Waals surface area contributed by atoms with Crippen LogP contribution < -0.4 is 19.9 Å². The van der Waals surface area contributed by atoms with Crippen LogP contribution in [-0.4, -0.2) is 73.8 Å². The van der Waals surface area contributed by atoms with E-state index in [1.807, 2.05) is 13.8 Å². The normalized spacial score (nSPS) is 22.1. The van der Waals surface area contributed by atoms with E-state index in [9.17, 15) is 0 Å².